The summed E-state index contributed by atoms with van der Waals surface area (Å²) in [7, 11) is 1.57. The van der Waals surface area contributed by atoms with Crippen molar-refractivity contribution in [2.24, 2.45) is 0 Å². The molecule has 2 heterocycles. The van der Waals surface area contributed by atoms with E-state index in [1.807, 2.05) is 0 Å². The van der Waals surface area contributed by atoms with Crippen LogP contribution in [0.5, 0.6) is 0 Å². The summed E-state index contributed by atoms with van der Waals surface area (Å²) >= 11 is 0. The summed E-state index contributed by atoms with van der Waals surface area (Å²) in [5, 5.41) is 0. The van der Waals surface area contributed by atoms with Crippen LogP contribution in [-0.2, 0) is 0 Å². The fourth-order valence-corrected chi connectivity index (χ4v) is 1.11. The highest BCUT2D eigenvalue weighted by Gasteiger charge is 2.64. The SMILES string of the molecule is C[C@H]1B2B[C@@H]21. The van der Waals surface area contributed by atoms with E-state index in [0.717, 1.165) is 5.82 Å². The van der Waals surface area contributed by atoms with E-state index in [-0.39, 0.29) is 0 Å². The summed E-state index contributed by atoms with van der Waals surface area (Å²) in [4.78, 5) is 0. The minimum atomic E-state index is 1.15. The van der Waals surface area contributed by atoms with Crippen LogP contribution in [0.1, 0.15) is 6.92 Å². The molecule has 2 atom stereocenters. The predicted molar refractivity (Wildman–Crippen MR) is 26.1 cm³/mol. The first-order chi connectivity index (χ1) is 2.39. The van der Waals surface area contributed by atoms with Crippen LogP contribution in [-0.4, -0.2) is 13.8 Å². The van der Waals surface area contributed by atoms with Gasteiger partial charge in [0, 0.05) is 0 Å². The van der Waals surface area contributed by atoms with E-state index in [1.54, 1.807) is 7.17 Å². The van der Waals surface area contributed by atoms with Gasteiger partial charge in [-0.15, -0.1) is 5.72 Å². The standard InChI is InChI=1S/C3H6B2/c1-2-3-4-5(2)3/h2-4H,1H3/t2-,3+/m1/s1. The highest BCUT2D eigenvalue weighted by Crippen LogP contribution is 2.61. The Kier molecular flexibility index (Phi) is 0.184. The second-order valence-corrected chi connectivity index (χ2v) is 2.42. The van der Waals surface area contributed by atoms with Crippen LogP contribution in [0.25, 0.3) is 0 Å². The topological polar surface area (TPSA) is 0 Å². The molecule has 0 amide bonds. The largest absolute Gasteiger partial charge is 0.103 e. The molecule has 2 saturated heterocycles. The molecule has 2 fully saturated rings. The summed E-state index contributed by atoms with van der Waals surface area (Å²) in [5.74, 6) is 1.15. The molecule has 0 N–H and O–H groups in total. The third kappa shape index (κ3) is 0.127. The van der Waals surface area contributed by atoms with Crippen molar-refractivity contribution in [1.29, 1.82) is 0 Å². The van der Waals surface area contributed by atoms with Crippen LogP contribution in [0.4, 0.5) is 0 Å². The summed E-state index contributed by atoms with van der Waals surface area (Å²) < 4.78 is 0. The van der Waals surface area contributed by atoms with Gasteiger partial charge in [0.2, 0.25) is 0 Å². The zero-order valence-electron chi connectivity index (χ0n) is 3.44. The van der Waals surface area contributed by atoms with Gasteiger partial charge in [-0.2, -0.15) is 0 Å². The van der Waals surface area contributed by atoms with Crippen molar-refractivity contribution in [3.63, 3.8) is 0 Å². The lowest BCUT2D eigenvalue weighted by Gasteiger charge is -1.81. The van der Waals surface area contributed by atoms with Crippen molar-refractivity contribution >= 4 is 13.8 Å². The molecular formula is C3H6B2. The van der Waals surface area contributed by atoms with Crippen LogP contribution in [0, 0.1) is 0 Å². The van der Waals surface area contributed by atoms with Crippen molar-refractivity contribution < 1.29 is 0 Å². The Labute approximate surface area is 33.3 Å². The normalized spacial score (nSPS) is 54.2. The molecule has 0 radical (unpaired) electrons. The van der Waals surface area contributed by atoms with Crippen molar-refractivity contribution in [2.45, 2.75) is 18.5 Å². The maximum Gasteiger partial charge on any atom is 0.100 e. The zero-order valence-corrected chi connectivity index (χ0v) is 3.44. The van der Waals surface area contributed by atoms with E-state index in [2.05, 4.69) is 6.92 Å². The molecule has 0 unspecified atom stereocenters. The van der Waals surface area contributed by atoms with E-state index in [4.69, 9.17) is 0 Å². The van der Waals surface area contributed by atoms with Crippen molar-refractivity contribution in [2.75, 3.05) is 0 Å². The molecule has 5 heavy (non-hydrogen) atoms. The van der Waals surface area contributed by atoms with Crippen LogP contribution >= 0.6 is 0 Å². The molecule has 2 aliphatic heterocycles. The van der Waals surface area contributed by atoms with Crippen LogP contribution < -0.4 is 0 Å². The quantitative estimate of drug-likeness (QED) is 0.352. The van der Waals surface area contributed by atoms with Crippen LogP contribution in [0.15, 0.2) is 0 Å². The average molecular weight is 63.7 g/mol. The summed E-state index contributed by atoms with van der Waals surface area (Å²) in [6.07, 6.45) is 0. The third-order valence-electron chi connectivity index (χ3n) is 2.10. The molecule has 2 heteroatoms. The Morgan fingerprint density at radius 1 is 1.80 bits per heavy atom. The van der Waals surface area contributed by atoms with Gasteiger partial charge in [0.05, 0.1) is 7.17 Å². The Hall–Kier alpha value is 0.130. The molecule has 0 spiro atoms. The molecule has 2 rings (SSSR count). The van der Waals surface area contributed by atoms with Crippen LogP contribution in [0.3, 0.4) is 0 Å². The van der Waals surface area contributed by atoms with Crippen molar-refractivity contribution in [3.8, 4) is 0 Å². The molecule has 0 nitrogen and oxygen atoms in total. The van der Waals surface area contributed by atoms with Gasteiger partial charge in [0.1, 0.15) is 6.60 Å². The lowest BCUT2D eigenvalue weighted by atomic mass is 9.52. The zero-order chi connectivity index (χ0) is 3.44. The van der Waals surface area contributed by atoms with Crippen molar-refractivity contribution in [3.05, 3.63) is 0 Å². The molecular weight excluding hydrogens is 57.7 g/mol. The smallest absolute Gasteiger partial charge is 0.100 e. The molecule has 0 aromatic carbocycles. The van der Waals surface area contributed by atoms with Gasteiger partial charge < -0.3 is 0 Å². The second-order valence-electron chi connectivity index (χ2n) is 2.42. The number of hydrogen-bond donors (Lipinski definition) is 0. The second kappa shape index (κ2) is 0.394. The van der Waals surface area contributed by atoms with Crippen molar-refractivity contribution in [1.82, 2.24) is 0 Å². The first-order valence-electron chi connectivity index (χ1n) is 2.39. The van der Waals surface area contributed by atoms with Gasteiger partial charge in [-0.1, -0.05) is 12.7 Å². The Morgan fingerprint density at radius 3 is 2.20 bits per heavy atom. The van der Waals surface area contributed by atoms with Gasteiger partial charge in [0.25, 0.3) is 0 Å². The number of rotatable bonds is 0. The van der Waals surface area contributed by atoms with Gasteiger partial charge in [-0.25, -0.2) is 0 Å². The fourth-order valence-electron chi connectivity index (χ4n) is 1.11. The first-order valence-corrected chi connectivity index (χ1v) is 2.39. The lowest BCUT2D eigenvalue weighted by Crippen LogP contribution is -1.85. The molecule has 0 aromatic rings. The highest BCUT2D eigenvalue weighted by molar-refractivity contribution is 7.42. The Morgan fingerprint density at radius 2 is 2.20 bits per heavy atom. The number of hydrogen-bond acceptors (Lipinski definition) is 0. The molecule has 0 aromatic heterocycles. The van der Waals surface area contributed by atoms with E-state index in [0.29, 0.717) is 0 Å². The van der Waals surface area contributed by atoms with E-state index >= 15 is 0 Å². The van der Waals surface area contributed by atoms with Gasteiger partial charge in [0.15, 0.2) is 0 Å². The highest BCUT2D eigenvalue weighted by atomic mass is 14.2. The molecule has 0 bridgehead atoms. The van der Waals surface area contributed by atoms with E-state index in [1.165, 1.54) is 12.3 Å². The molecule has 2 aliphatic rings. The monoisotopic (exact) mass is 64.1 g/mol. The molecule has 0 aliphatic carbocycles. The predicted octanol–water partition coefficient (Wildman–Crippen LogP) is 0.159. The average Bonchev–Trinajstić information content (AvgIpc) is 2.11. The van der Waals surface area contributed by atoms with Gasteiger partial charge >= 0.3 is 0 Å². The van der Waals surface area contributed by atoms with E-state index in [9.17, 15) is 0 Å². The summed E-state index contributed by atoms with van der Waals surface area (Å²) in [5.41, 5.74) is 1.22. The first kappa shape index (κ1) is 2.33. The lowest BCUT2D eigenvalue weighted by molar-refractivity contribution is 1.15. The maximum absolute atomic E-state index is 2.35. The summed E-state index contributed by atoms with van der Waals surface area (Å²) in [6.45, 7) is 3.56. The molecule has 0 saturated carbocycles. The maximum atomic E-state index is 2.35. The Bertz CT molecular complexity index is 56.5. The minimum Gasteiger partial charge on any atom is -0.103 e. The van der Waals surface area contributed by atoms with Crippen LogP contribution in [0.2, 0.25) is 11.5 Å². The van der Waals surface area contributed by atoms with Gasteiger partial charge in [-0.05, 0) is 0 Å². The minimum absolute atomic E-state index is 1.15. The summed E-state index contributed by atoms with van der Waals surface area (Å²) in [6, 6.07) is 0. The van der Waals surface area contributed by atoms with Gasteiger partial charge in [-0.3, -0.25) is 0 Å². The number of fused-ring (bicyclic) bond motifs is 1. The third-order valence-corrected chi connectivity index (χ3v) is 2.10. The molecule has 24 valence electrons. The Balaban J connectivity index is 2.19. The van der Waals surface area contributed by atoms with E-state index < -0.39 is 0 Å². The fraction of sp³-hybridized carbons (Fsp3) is 1.00.